The van der Waals surface area contributed by atoms with Crippen LogP contribution in [0.25, 0.3) is 22.3 Å². The number of morpholine rings is 1. The fourth-order valence-corrected chi connectivity index (χ4v) is 7.35. The Morgan fingerprint density at radius 2 is 1.90 bits per heavy atom. The van der Waals surface area contributed by atoms with Crippen LogP contribution in [-0.4, -0.2) is 101 Å². The highest BCUT2D eigenvalue weighted by atomic mass is 28.3. The molecule has 1 aromatic carbocycles. The smallest absolute Gasteiger partial charge is 0.404 e. The number of piperidine rings is 1. The van der Waals surface area contributed by atoms with Gasteiger partial charge in [0.2, 0.25) is 0 Å². The Bertz CT molecular complexity index is 1790. The molecule has 2 aliphatic heterocycles. The van der Waals surface area contributed by atoms with Crippen LogP contribution in [0.3, 0.4) is 0 Å². The summed E-state index contributed by atoms with van der Waals surface area (Å²) in [5, 5.41) is 15.7. The highest BCUT2D eigenvalue weighted by molar-refractivity contribution is 6.76. The van der Waals surface area contributed by atoms with Gasteiger partial charge in [0.1, 0.15) is 30.2 Å². The molecular weight excluding hydrogens is 653 g/mol. The molecular formula is C36H48N8O5Si. The number of fused-ring (bicyclic) bond motifs is 1. The normalized spacial score (nSPS) is 18.7. The van der Waals surface area contributed by atoms with Gasteiger partial charge in [-0.3, -0.25) is 14.7 Å². The SMILES string of the molecule is C[C@H]1COCCN1c1ncnc2c1cc(-c1ccc(NC(=O)c3cc(CN4CCC[C@@H](NC(=O)O)C4)ccn3)cc1)n2COCC[Si](C)(C)C. The van der Waals surface area contributed by atoms with Crippen molar-refractivity contribution in [2.24, 2.45) is 0 Å². The third-order valence-corrected chi connectivity index (χ3v) is 11.0. The lowest BCUT2D eigenvalue weighted by molar-refractivity contribution is 0.0908. The summed E-state index contributed by atoms with van der Waals surface area (Å²) in [6, 6.07) is 14.8. The van der Waals surface area contributed by atoms with Crippen LogP contribution in [0, 0.1) is 0 Å². The molecule has 2 amide bonds. The fraction of sp³-hybridized carbons (Fsp3) is 0.472. The molecule has 266 valence electrons. The number of ether oxygens (including phenoxy) is 2. The second kappa shape index (κ2) is 15.7. The molecule has 5 heterocycles. The molecule has 14 heteroatoms. The molecule has 3 N–H and O–H groups in total. The first-order valence-electron chi connectivity index (χ1n) is 17.4. The maximum atomic E-state index is 13.3. The number of rotatable bonds is 12. The van der Waals surface area contributed by atoms with Crippen LogP contribution in [0.1, 0.15) is 35.8 Å². The largest absolute Gasteiger partial charge is 0.465 e. The molecule has 6 rings (SSSR count). The van der Waals surface area contributed by atoms with Crippen molar-refractivity contribution in [1.29, 1.82) is 0 Å². The Morgan fingerprint density at radius 3 is 2.66 bits per heavy atom. The maximum absolute atomic E-state index is 13.3. The highest BCUT2D eigenvalue weighted by Gasteiger charge is 2.25. The van der Waals surface area contributed by atoms with Gasteiger partial charge >= 0.3 is 6.09 Å². The van der Waals surface area contributed by atoms with Crippen molar-refractivity contribution in [3.63, 3.8) is 0 Å². The average molecular weight is 701 g/mol. The summed E-state index contributed by atoms with van der Waals surface area (Å²) in [4.78, 5) is 42.6. The number of carbonyl (C=O) groups is 2. The van der Waals surface area contributed by atoms with Crippen molar-refractivity contribution < 1.29 is 24.2 Å². The summed E-state index contributed by atoms with van der Waals surface area (Å²) in [7, 11) is -1.26. The van der Waals surface area contributed by atoms with Gasteiger partial charge in [0.25, 0.3) is 5.91 Å². The molecule has 50 heavy (non-hydrogen) atoms. The molecule has 13 nitrogen and oxygen atoms in total. The van der Waals surface area contributed by atoms with Gasteiger partial charge in [-0.05, 0) is 73.8 Å². The van der Waals surface area contributed by atoms with Gasteiger partial charge in [-0.2, -0.15) is 0 Å². The summed E-state index contributed by atoms with van der Waals surface area (Å²) in [6.45, 7) is 14.4. The Morgan fingerprint density at radius 1 is 1.08 bits per heavy atom. The first-order chi connectivity index (χ1) is 24.0. The molecule has 2 atom stereocenters. The molecule has 0 radical (unpaired) electrons. The second-order valence-corrected chi connectivity index (χ2v) is 20.1. The van der Waals surface area contributed by atoms with Crippen molar-refractivity contribution in [3.8, 4) is 11.3 Å². The van der Waals surface area contributed by atoms with E-state index in [-0.39, 0.29) is 18.0 Å². The summed E-state index contributed by atoms with van der Waals surface area (Å²) in [6.07, 6.45) is 4.00. The Labute approximate surface area is 294 Å². The number of hydrogen-bond acceptors (Lipinski definition) is 9. The van der Waals surface area contributed by atoms with E-state index in [1.54, 1.807) is 18.6 Å². The topological polar surface area (TPSA) is 147 Å². The van der Waals surface area contributed by atoms with E-state index in [0.717, 1.165) is 65.6 Å². The summed E-state index contributed by atoms with van der Waals surface area (Å²) in [5.74, 6) is 0.594. The Balaban J connectivity index is 1.19. The van der Waals surface area contributed by atoms with Crippen molar-refractivity contribution >= 4 is 42.6 Å². The molecule has 2 fully saturated rings. The van der Waals surface area contributed by atoms with Crippen LogP contribution in [0.5, 0.6) is 0 Å². The fourth-order valence-electron chi connectivity index (χ4n) is 6.59. The molecule has 4 aromatic rings. The number of aromatic nitrogens is 4. The standard InChI is InChI=1S/C36H48N8O5Si/c1-25-22-48-15-14-43(25)33-30-19-32(44(34(30)39-23-38-33)24-49-16-17-50(2,3)4)27-7-9-28(10-8-27)40-35(45)31-18-26(11-12-37-31)20-42-13-5-6-29(21-42)41-36(46)47/h7-12,18-19,23,25,29,41H,5-6,13-17,20-22,24H2,1-4H3,(H,40,45)(H,46,47)/t25-,29+/m0/s1. The van der Waals surface area contributed by atoms with Gasteiger partial charge in [-0.25, -0.2) is 14.8 Å². The highest BCUT2D eigenvalue weighted by Crippen LogP contribution is 2.34. The number of benzene rings is 1. The number of hydrogen-bond donors (Lipinski definition) is 3. The number of carbonyl (C=O) groups excluding carboxylic acids is 1. The monoisotopic (exact) mass is 700 g/mol. The molecule has 0 bridgehead atoms. The number of nitrogens with zero attached hydrogens (tertiary/aromatic N) is 6. The van der Waals surface area contributed by atoms with Crippen molar-refractivity contribution in [2.45, 2.75) is 70.8 Å². The van der Waals surface area contributed by atoms with E-state index in [1.165, 1.54) is 0 Å². The van der Waals surface area contributed by atoms with Crippen LogP contribution in [-0.2, 0) is 22.7 Å². The van der Waals surface area contributed by atoms with Gasteiger partial charge in [-0.1, -0.05) is 31.8 Å². The average Bonchev–Trinajstić information content (AvgIpc) is 3.45. The van der Waals surface area contributed by atoms with Gasteiger partial charge in [0.05, 0.1) is 30.3 Å². The number of amides is 2. The van der Waals surface area contributed by atoms with Crippen molar-refractivity contribution in [1.82, 2.24) is 29.7 Å². The Hall–Kier alpha value is -4.37. The van der Waals surface area contributed by atoms with Crippen LogP contribution in [0.15, 0.2) is 55.0 Å². The predicted molar refractivity (Wildman–Crippen MR) is 196 cm³/mol. The zero-order chi connectivity index (χ0) is 35.3. The van der Waals surface area contributed by atoms with Gasteiger partial charge in [-0.15, -0.1) is 0 Å². The first-order valence-corrected chi connectivity index (χ1v) is 21.1. The molecule has 2 aliphatic rings. The van der Waals surface area contributed by atoms with Gasteiger partial charge in [0, 0.05) is 52.2 Å². The van der Waals surface area contributed by atoms with E-state index in [1.807, 2.05) is 30.3 Å². The number of nitrogens with one attached hydrogen (secondary N) is 2. The van der Waals surface area contributed by atoms with Gasteiger partial charge in [0.15, 0.2) is 0 Å². The number of carboxylic acid groups (broad SMARTS) is 1. The van der Waals surface area contributed by atoms with E-state index in [2.05, 4.69) is 62.6 Å². The molecule has 3 aromatic heterocycles. The van der Waals surface area contributed by atoms with Crippen molar-refractivity contribution in [3.05, 3.63) is 66.2 Å². The quantitative estimate of drug-likeness (QED) is 0.128. The molecule has 0 spiro atoms. The maximum Gasteiger partial charge on any atom is 0.404 e. The lowest BCUT2D eigenvalue weighted by Crippen LogP contribution is -2.46. The van der Waals surface area contributed by atoms with E-state index in [9.17, 15) is 9.59 Å². The lowest BCUT2D eigenvalue weighted by Gasteiger charge is -2.34. The minimum absolute atomic E-state index is 0.0963. The van der Waals surface area contributed by atoms with Crippen LogP contribution in [0.2, 0.25) is 25.7 Å². The summed E-state index contributed by atoms with van der Waals surface area (Å²) >= 11 is 0. The van der Waals surface area contributed by atoms with Crippen LogP contribution < -0.4 is 15.5 Å². The minimum atomic E-state index is -1.26. The Kier molecular flexibility index (Phi) is 11.1. The number of anilines is 2. The number of pyridine rings is 1. The zero-order valence-electron chi connectivity index (χ0n) is 29.4. The molecule has 0 saturated carbocycles. The first kappa shape index (κ1) is 35.5. The van der Waals surface area contributed by atoms with E-state index >= 15 is 0 Å². The lowest BCUT2D eigenvalue weighted by atomic mass is 10.0. The minimum Gasteiger partial charge on any atom is -0.465 e. The van der Waals surface area contributed by atoms with Crippen LogP contribution >= 0.6 is 0 Å². The van der Waals surface area contributed by atoms with E-state index in [4.69, 9.17) is 24.5 Å². The van der Waals surface area contributed by atoms with Crippen LogP contribution in [0.4, 0.5) is 16.3 Å². The van der Waals surface area contributed by atoms with Crippen molar-refractivity contribution in [2.75, 3.05) is 49.7 Å². The number of likely N-dealkylation sites (tertiary alicyclic amines) is 1. The van der Waals surface area contributed by atoms with Gasteiger partial charge < -0.3 is 34.7 Å². The zero-order valence-corrected chi connectivity index (χ0v) is 30.4. The van der Waals surface area contributed by atoms with E-state index < -0.39 is 14.2 Å². The third-order valence-electron chi connectivity index (χ3n) is 9.26. The molecule has 0 unspecified atom stereocenters. The molecule has 2 saturated heterocycles. The third kappa shape index (κ3) is 8.85. The summed E-state index contributed by atoms with van der Waals surface area (Å²) < 4.78 is 14.0. The second-order valence-electron chi connectivity index (χ2n) is 14.5. The summed E-state index contributed by atoms with van der Waals surface area (Å²) in [5.41, 5.74) is 4.67. The molecule has 0 aliphatic carbocycles. The predicted octanol–water partition coefficient (Wildman–Crippen LogP) is 5.52. The van der Waals surface area contributed by atoms with E-state index in [0.29, 0.717) is 51.0 Å².